The number of aliphatic hydroxyl groups excluding tert-OH is 3. The zero-order chi connectivity index (χ0) is 38.8. The van der Waals surface area contributed by atoms with E-state index >= 15 is 0 Å². The zero-order valence-electron chi connectivity index (χ0n) is 31.7. The summed E-state index contributed by atoms with van der Waals surface area (Å²) >= 11 is 0. The van der Waals surface area contributed by atoms with Gasteiger partial charge in [0, 0.05) is 25.9 Å². The van der Waals surface area contributed by atoms with Crippen LogP contribution in [0.2, 0.25) is 0 Å². The number of rotatable bonds is 19. The fraction of sp³-hybridized carbons (Fsp3) is 0.750. The second-order valence-electron chi connectivity index (χ2n) is 15.2. The molecule has 0 radical (unpaired) electrons. The van der Waals surface area contributed by atoms with Crippen LogP contribution in [0.25, 0.3) is 0 Å². The van der Waals surface area contributed by atoms with Crippen molar-refractivity contribution in [1.29, 1.82) is 0 Å². The molecule has 2 aliphatic heterocycles. The quantitative estimate of drug-likeness (QED) is 0.0550. The van der Waals surface area contributed by atoms with Gasteiger partial charge in [0.1, 0.15) is 24.7 Å². The van der Waals surface area contributed by atoms with Gasteiger partial charge in [0.05, 0.1) is 58.0 Å². The number of carbonyl (C=O) groups excluding carboxylic acids is 5. The highest BCUT2D eigenvalue weighted by atomic mass is 16.5. The fourth-order valence-corrected chi connectivity index (χ4v) is 6.37. The van der Waals surface area contributed by atoms with E-state index in [-0.39, 0.29) is 50.1 Å². The van der Waals surface area contributed by atoms with E-state index in [2.05, 4.69) is 5.32 Å². The van der Waals surface area contributed by atoms with Gasteiger partial charge in [0.25, 0.3) is 0 Å². The van der Waals surface area contributed by atoms with Crippen molar-refractivity contribution in [3.63, 3.8) is 0 Å². The maximum atomic E-state index is 13.6. The van der Waals surface area contributed by atoms with Crippen LogP contribution in [-0.2, 0) is 28.7 Å². The van der Waals surface area contributed by atoms with Crippen LogP contribution >= 0.6 is 0 Å². The largest absolute Gasteiger partial charge is 0.391 e. The van der Waals surface area contributed by atoms with E-state index in [1.54, 1.807) is 19.9 Å². The number of nitrogens with two attached hydrogens (primary N) is 2. The summed E-state index contributed by atoms with van der Waals surface area (Å²) in [6.07, 6.45) is 0.929. The number of hydrogen-bond donors (Lipinski definition) is 6. The van der Waals surface area contributed by atoms with Crippen molar-refractivity contribution in [3.8, 4) is 0 Å². The molecule has 0 aliphatic carbocycles. The molecule has 0 aromatic carbocycles. The van der Waals surface area contributed by atoms with Crippen molar-refractivity contribution in [2.45, 2.75) is 115 Å². The van der Waals surface area contributed by atoms with E-state index in [1.165, 1.54) is 28.9 Å². The molecule has 2 fully saturated rings. The molecule has 0 saturated carbocycles. The Morgan fingerprint density at radius 1 is 1.00 bits per heavy atom. The molecule has 2 saturated heterocycles. The summed E-state index contributed by atoms with van der Waals surface area (Å²) in [7, 11) is 5.85. The molecule has 0 aromatic heterocycles. The molecule has 2 heterocycles. The lowest BCUT2D eigenvalue weighted by Crippen LogP contribution is -2.57. The first-order valence-corrected chi connectivity index (χ1v) is 18.0. The predicted molar refractivity (Wildman–Crippen MR) is 191 cm³/mol. The highest BCUT2D eigenvalue weighted by Gasteiger charge is 2.42. The molecule has 15 heteroatoms. The van der Waals surface area contributed by atoms with Crippen molar-refractivity contribution in [2.75, 3.05) is 47.4 Å². The second kappa shape index (κ2) is 19.7. The normalized spacial score (nSPS) is 25.0. The van der Waals surface area contributed by atoms with E-state index in [4.69, 9.17) is 16.2 Å². The highest BCUT2D eigenvalue weighted by molar-refractivity contribution is 5.99. The third-order valence-electron chi connectivity index (χ3n) is 9.49. The molecule has 51 heavy (non-hydrogen) atoms. The number of carbonyl (C=O) groups is 5. The molecule has 290 valence electrons. The number of hydrogen-bond acceptors (Lipinski definition) is 11. The molecule has 8 N–H and O–H groups in total. The third-order valence-corrected chi connectivity index (χ3v) is 9.49. The van der Waals surface area contributed by atoms with E-state index in [0.717, 1.165) is 0 Å². The van der Waals surface area contributed by atoms with E-state index in [0.29, 0.717) is 35.9 Å². The van der Waals surface area contributed by atoms with Gasteiger partial charge in [-0.3, -0.25) is 24.0 Å². The van der Waals surface area contributed by atoms with Crippen LogP contribution in [0, 0.1) is 11.8 Å². The maximum Gasteiger partial charge on any atom is 0.244 e. The molecule has 0 unspecified atom stereocenters. The number of ketones is 2. The first-order valence-electron chi connectivity index (χ1n) is 18.0. The summed E-state index contributed by atoms with van der Waals surface area (Å²) in [5.74, 6) is -3.09. The Morgan fingerprint density at radius 2 is 1.63 bits per heavy atom. The molecular formula is C36H63N6O9+. The van der Waals surface area contributed by atoms with Crippen molar-refractivity contribution in [3.05, 3.63) is 23.8 Å². The number of amides is 3. The average molecular weight is 724 g/mol. The molecular weight excluding hydrogens is 660 g/mol. The SMILES string of the molecule is CC/C=C/C(=O)[C@@H]1C[C@@H](O)CN1C(=O)[C@H](CC)/C(C)=C\C(=O)[C@@H](N)C[C@@H](O)[C@H](NC(=O)[C@@H]1C[C@@H](C)CN1C(=O)[C@@H](N)[C@@H](C)O)OCC[N+](C)(C)C. The van der Waals surface area contributed by atoms with Crippen molar-refractivity contribution >= 4 is 29.3 Å². The minimum atomic E-state index is -1.42. The standard InChI is InChI=1S/C36H62N6O9/c1-9-11-12-29(45)27-17-24(44)20-41(27)35(49)25(10-2)22(4)16-30(46)26(37)18-31(47)34(51-14-13-42(6,7)8)39-33(48)28-15-21(3)19-40(28)36(50)32(38)23(5)43/h11-12,16,21,23-28,31-32,34,43-44,47H,9-10,13-15,17-20,37-38H2,1-8H3/p+1/b12-11+,22-16-/t21-,23-,24-,25-,26+,27+,28+,31-,32+,34-/m1/s1. The van der Waals surface area contributed by atoms with Crippen molar-refractivity contribution in [1.82, 2.24) is 15.1 Å². The first-order chi connectivity index (χ1) is 23.7. The molecule has 0 aromatic rings. The van der Waals surface area contributed by atoms with Gasteiger partial charge >= 0.3 is 0 Å². The number of likely N-dealkylation sites (N-methyl/N-ethyl adjacent to an activating group) is 1. The number of aliphatic hydroxyl groups is 3. The molecule has 2 rings (SSSR count). The Balaban J connectivity index is 2.21. The second-order valence-corrected chi connectivity index (χ2v) is 15.2. The Kier molecular flexibility index (Phi) is 17.0. The van der Waals surface area contributed by atoms with Crippen LogP contribution in [0.5, 0.6) is 0 Å². The van der Waals surface area contributed by atoms with Gasteiger partial charge in [-0.1, -0.05) is 32.4 Å². The average Bonchev–Trinajstić information content (AvgIpc) is 3.64. The van der Waals surface area contributed by atoms with Gasteiger partial charge in [-0.25, -0.2) is 0 Å². The third kappa shape index (κ3) is 12.8. The van der Waals surface area contributed by atoms with E-state index in [9.17, 15) is 39.3 Å². The van der Waals surface area contributed by atoms with Crippen molar-refractivity contribution < 1.29 is 48.5 Å². The first kappa shape index (κ1) is 44.1. The molecule has 2 aliphatic rings. The zero-order valence-corrected chi connectivity index (χ0v) is 31.7. The van der Waals surface area contributed by atoms with Crippen molar-refractivity contribution in [2.24, 2.45) is 23.3 Å². The lowest BCUT2D eigenvalue weighted by atomic mass is 9.92. The maximum absolute atomic E-state index is 13.6. The summed E-state index contributed by atoms with van der Waals surface area (Å²) in [5.41, 5.74) is 12.6. The summed E-state index contributed by atoms with van der Waals surface area (Å²) in [5, 5.41) is 34.1. The summed E-state index contributed by atoms with van der Waals surface area (Å²) in [6.45, 7) is 9.55. The number of nitrogens with zero attached hydrogens (tertiary/aromatic N) is 3. The van der Waals surface area contributed by atoms with Crippen LogP contribution in [-0.4, -0.2) is 155 Å². The smallest absolute Gasteiger partial charge is 0.244 e. The number of nitrogens with one attached hydrogen (secondary N) is 1. The minimum absolute atomic E-state index is 0.0128. The van der Waals surface area contributed by atoms with Gasteiger partial charge in [-0.05, 0) is 51.2 Å². The summed E-state index contributed by atoms with van der Waals surface area (Å²) in [6, 6.07) is -4.13. The summed E-state index contributed by atoms with van der Waals surface area (Å²) in [4.78, 5) is 69.0. The van der Waals surface area contributed by atoms with Crippen LogP contribution < -0.4 is 16.8 Å². The monoisotopic (exact) mass is 723 g/mol. The lowest BCUT2D eigenvalue weighted by Gasteiger charge is -2.31. The highest BCUT2D eigenvalue weighted by Crippen LogP contribution is 2.27. The molecule has 0 bridgehead atoms. The van der Waals surface area contributed by atoms with Crippen LogP contribution in [0.4, 0.5) is 0 Å². The minimum Gasteiger partial charge on any atom is -0.391 e. The van der Waals surface area contributed by atoms with Crippen LogP contribution in [0.1, 0.15) is 66.7 Å². The molecule has 15 nitrogen and oxygen atoms in total. The van der Waals surface area contributed by atoms with Crippen LogP contribution in [0.3, 0.4) is 0 Å². The van der Waals surface area contributed by atoms with E-state index in [1.807, 2.05) is 35.0 Å². The topological polar surface area (TPSA) is 226 Å². The molecule has 0 spiro atoms. The number of likely N-dealkylation sites (tertiary alicyclic amines) is 2. The Labute approximate surface area is 302 Å². The Hall–Kier alpha value is -3.05. The van der Waals surface area contributed by atoms with Gasteiger partial charge in [0.2, 0.25) is 17.7 Å². The lowest BCUT2D eigenvalue weighted by molar-refractivity contribution is -0.870. The summed E-state index contributed by atoms with van der Waals surface area (Å²) < 4.78 is 6.47. The number of ether oxygens (including phenoxy) is 1. The van der Waals surface area contributed by atoms with Gasteiger partial charge in [-0.15, -0.1) is 0 Å². The van der Waals surface area contributed by atoms with Gasteiger partial charge < -0.3 is 51.1 Å². The van der Waals surface area contributed by atoms with Crippen LogP contribution in [0.15, 0.2) is 23.8 Å². The molecule has 10 atom stereocenters. The predicted octanol–water partition coefficient (Wildman–Crippen LogP) is -0.786. The van der Waals surface area contributed by atoms with Gasteiger partial charge in [0.15, 0.2) is 17.8 Å². The van der Waals surface area contributed by atoms with Gasteiger partial charge in [-0.2, -0.15) is 0 Å². The Morgan fingerprint density at radius 3 is 2.20 bits per heavy atom. The number of quaternary nitrogens is 1. The molecule has 3 amide bonds. The number of β-amino-alcohol motifs (C(OH)–C–C–N with tert-alkyl or cyclic N) is 1. The fourth-order valence-electron chi connectivity index (χ4n) is 6.37. The van der Waals surface area contributed by atoms with E-state index < -0.39 is 72.2 Å². The Bertz CT molecular complexity index is 1280. The number of allylic oxidation sites excluding steroid dienone is 1.